The largest absolute Gasteiger partial charge is 0.394 e. The summed E-state index contributed by atoms with van der Waals surface area (Å²) in [5, 5.41) is 9.16. The van der Waals surface area contributed by atoms with Crippen LogP contribution < -0.4 is 4.90 Å². The van der Waals surface area contributed by atoms with E-state index < -0.39 is 0 Å². The highest BCUT2D eigenvalue weighted by Gasteiger charge is 2.22. The topological polar surface area (TPSA) is 36.4 Å². The van der Waals surface area contributed by atoms with Crippen LogP contribution in [-0.2, 0) is 0 Å². The number of rotatable bonds is 3. The Bertz CT molecular complexity index is 259. The van der Waals surface area contributed by atoms with Crippen LogP contribution in [0.15, 0.2) is 24.5 Å². The van der Waals surface area contributed by atoms with Crippen molar-refractivity contribution in [1.82, 2.24) is 4.98 Å². The Morgan fingerprint density at radius 3 is 2.69 bits per heavy atom. The average molecular weight is 180 g/mol. The third-order valence-electron chi connectivity index (χ3n) is 2.33. The smallest absolute Gasteiger partial charge is 0.0658 e. The number of nitrogens with zero attached hydrogens (tertiary/aromatic N) is 2. The summed E-state index contributed by atoms with van der Waals surface area (Å²) in [4.78, 5) is 6.04. The Kier molecular flexibility index (Phi) is 2.88. The molecule has 0 fully saturated rings. The molecule has 0 aliphatic carbocycles. The van der Waals surface area contributed by atoms with Crippen LogP contribution in [0.25, 0.3) is 0 Å². The minimum absolute atomic E-state index is 0.123. The lowest BCUT2D eigenvalue weighted by molar-refractivity contribution is 0.216. The minimum atomic E-state index is -0.247. The zero-order valence-electron chi connectivity index (χ0n) is 8.36. The zero-order chi connectivity index (χ0) is 9.90. The monoisotopic (exact) mass is 180 g/mol. The number of likely N-dealkylation sites (N-methyl/N-ethyl adjacent to an activating group) is 1. The van der Waals surface area contributed by atoms with Crippen molar-refractivity contribution >= 4 is 5.69 Å². The van der Waals surface area contributed by atoms with Crippen LogP contribution in [0.4, 0.5) is 5.69 Å². The van der Waals surface area contributed by atoms with Crippen LogP contribution in [0.5, 0.6) is 0 Å². The van der Waals surface area contributed by atoms with Gasteiger partial charge in [-0.2, -0.15) is 0 Å². The second kappa shape index (κ2) is 3.75. The van der Waals surface area contributed by atoms with E-state index in [4.69, 9.17) is 5.11 Å². The minimum Gasteiger partial charge on any atom is -0.394 e. The maximum atomic E-state index is 9.16. The van der Waals surface area contributed by atoms with Gasteiger partial charge in [0.25, 0.3) is 0 Å². The Morgan fingerprint density at radius 1 is 1.54 bits per heavy atom. The fraction of sp³-hybridized carbons (Fsp3) is 0.500. The van der Waals surface area contributed by atoms with Crippen molar-refractivity contribution in [2.75, 3.05) is 18.6 Å². The van der Waals surface area contributed by atoms with Crippen molar-refractivity contribution in [3.63, 3.8) is 0 Å². The first-order valence-corrected chi connectivity index (χ1v) is 4.32. The number of aliphatic hydroxyl groups excluding tert-OH is 1. The molecule has 1 N–H and O–H groups in total. The molecule has 3 heteroatoms. The summed E-state index contributed by atoms with van der Waals surface area (Å²) in [6, 6.07) is 3.86. The third kappa shape index (κ3) is 2.18. The molecule has 1 aromatic rings. The summed E-state index contributed by atoms with van der Waals surface area (Å²) in [6.45, 7) is 4.10. The van der Waals surface area contributed by atoms with Crippen LogP contribution >= 0.6 is 0 Å². The molecule has 0 saturated heterocycles. The van der Waals surface area contributed by atoms with Gasteiger partial charge in [0, 0.05) is 13.2 Å². The first kappa shape index (κ1) is 9.99. The van der Waals surface area contributed by atoms with E-state index >= 15 is 0 Å². The molecule has 1 heterocycles. The third-order valence-corrected chi connectivity index (χ3v) is 2.33. The van der Waals surface area contributed by atoms with Crippen molar-refractivity contribution in [2.45, 2.75) is 19.4 Å². The highest BCUT2D eigenvalue weighted by Crippen LogP contribution is 2.19. The highest BCUT2D eigenvalue weighted by atomic mass is 16.3. The maximum Gasteiger partial charge on any atom is 0.0658 e. The highest BCUT2D eigenvalue weighted by molar-refractivity contribution is 5.45. The van der Waals surface area contributed by atoms with Crippen molar-refractivity contribution in [3.8, 4) is 0 Å². The zero-order valence-corrected chi connectivity index (χ0v) is 8.36. The van der Waals surface area contributed by atoms with Crippen LogP contribution in [-0.4, -0.2) is 29.3 Å². The van der Waals surface area contributed by atoms with E-state index in [1.54, 1.807) is 12.4 Å². The van der Waals surface area contributed by atoms with E-state index in [0.717, 1.165) is 5.69 Å². The lowest BCUT2D eigenvalue weighted by Crippen LogP contribution is -2.44. The van der Waals surface area contributed by atoms with Crippen LogP contribution in [0, 0.1) is 0 Å². The molecule has 0 spiro atoms. The molecule has 0 aliphatic heterocycles. The van der Waals surface area contributed by atoms with E-state index in [9.17, 15) is 0 Å². The normalized spacial score (nSPS) is 11.4. The molecule has 0 bridgehead atoms. The van der Waals surface area contributed by atoms with Gasteiger partial charge in [0.15, 0.2) is 0 Å². The number of hydrogen-bond acceptors (Lipinski definition) is 3. The first-order chi connectivity index (χ1) is 6.08. The van der Waals surface area contributed by atoms with Crippen molar-refractivity contribution in [2.24, 2.45) is 0 Å². The molecule has 0 radical (unpaired) electrons. The number of aromatic nitrogens is 1. The fourth-order valence-corrected chi connectivity index (χ4v) is 1.01. The van der Waals surface area contributed by atoms with Crippen molar-refractivity contribution in [1.29, 1.82) is 0 Å². The molecule has 0 saturated carbocycles. The molecule has 72 valence electrons. The van der Waals surface area contributed by atoms with E-state index in [-0.39, 0.29) is 12.1 Å². The summed E-state index contributed by atoms with van der Waals surface area (Å²) in [5.41, 5.74) is 0.768. The van der Waals surface area contributed by atoms with Gasteiger partial charge in [0.1, 0.15) is 0 Å². The van der Waals surface area contributed by atoms with Gasteiger partial charge in [-0.25, -0.2) is 0 Å². The lowest BCUT2D eigenvalue weighted by Gasteiger charge is -2.35. The molecular weight excluding hydrogens is 164 g/mol. The Balaban J connectivity index is 2.85. The molecule has 13 heavy (non-hydrogen) atoms. The first-order valence-electron chi connectivity index (χ1n) is 4.32. The molecule has 1 rings (SSSR count). The molecule has 1 aromatic heterocycles. The van der Waals surface area contributed by atoms with Crippen LogP contribution in [0.1, 0.15) is 13.8 Å². The van der Waals surface area contributed by atoms with Gasteiger partial charge in [0.2, 0.25) is 0 Å². The standard InChI is InChI=1S/C10H16N2O/c1-10(2,8-13)12(3)9-5-4-6-11-7-9/h4-7,13H,8H2,1-3H3. The van der Waals surface area contributed by atoms with Gasteiger partial charge in [0.05, 0.1) is 24.0 Å². The predicted octanol–water partition coefficient (Wildman–Crippen LogP) is 1.29. The summed E-state index contributed by atoms with van der Waals surface area (Å²) in [7, 11) is 1.95. The van der Waals surface area contributed by atoms with Gasteiger partial charge in [-0.15, -0.1) is 0 Å². The van der Waals surface area contributed by atoms with E-state index in [1.807, 2.05) is 37.9 Å². The predicted molar refractivity (Wildman–Crippen MR) is 53.8 cm³/mol. The lowest BCUT2D eigenvalue weighted by atomic mass is 10.0. The Labute approximate surface area is 79.0 Å². The van der Waals surface area contributed by atoms with E-state index in [0.29, 0.717) is 0 Å². The van der Waals surface area contributed by atoms with Gasteiger partial charge in [-0.1, -0.05) is 0 Å². The van der Waals surface area contributed by atoms with Gasteiger partial charge in [-0.3, -0.25) is 4.98 Å². The van der Waals surface area contributed by atoms with Crippen LogP contribution in [0.2, 0.25) is 0 Å². The molecule has 0 aromatic carbocycles. The summed E-state index contributed by atoms with van der Waals surface area (Å²) < 4.78 is 0. The van der Waals surface area contributed by atoms with Gasteiger partial charge in [-0.05, 0) is 26.0 Å². The summed E-state index contributed by atoms with van der Waals surface area (Å²) >= 11 is 0. The Hall–Kier alpha value is -1.09. The SMILES string of the molecule is CN(c1cccnc1)C(C)(C)CO. The van der Waals surface area contributed by atoms with E-state index in [2.05, 4.69) is 4.98 Å². The van der Waals surface area contributed by atoms with E-state index in [1.165, 1.54) is 0 Å². The summed E-state index contributed by atoms with van der Waals surface area (Å²) in [5.74, 6) is 0. The molecule has 0 unspecified atom stereocenters. The van der Waals surface area contributed by atoms with Gasteiger partial charge < -0.3 is 10.0 Å². The molecule has 0 aliphatic rings. The van der Waals surface area contributed by atoms with Crippen molar-refractivity contribution < 1.29 is 5.11 Å². The second-order valence-corrected chi connectivity index (χ2v) is 3.74. The molecular formula is C10H16N2O. The molecule has 3 nitrogen and oxygen atoms in total. The average Bonchev–Trinajstić information content (AvgIpc) is 2.18. The van der Waals surface area contributed by atoms with Crippen LogP contribution in [0.3, 0.4) is 0 Å². The summed E-state index contributed by atoms with van der Waals surface area (Å²) in [6.07, 6.45) is 3.53. The number of aliphatic hydroxyl groups is 1. The van der Waals surface area contributed by atoms with Crippen molar-refractivity contribution in [3.05, 3.63) is 24.5 Å². The quantitative estimate of drug-likeness (QED) is 0.761. The Morgan fingerprint density at radius 2 is 2.23 bits per heavy atom. The molecule has 0 atom stereocenters. The maximum absolute atomic E-state index is 9.16. The second-order valence-electron chi connectivity index (χ2n) is 3.74. The molecule has 0 amide bonds. The number of anilines is 1. The van der Waals surface area contributed by atoms with Gasteiger partial charge >= 0.3 is 0 Å². The number of pyridine rings is 1. The number of hydrogen-bond donors (Lipinski definition) is 1. The fourth-order valence-electron chi connectivity index (χ4n) is 1.01.